The van der Waals surface area contributed by atoms with Gasteiger partial charge in [-0.25, -0.2) is 0 Å². The largest absolute Gasteiger partial charge is 0.396 e. The number of halogens is 1. The fraction of sp³-hybridized carbons (Fsp3) is 0.308. The van der Waals surface area contributed by atoms with Gasteiger partial charge in [-0.2, -0.15) is 0 Å². The number of hydrogen-bond donors (Lipinski definition) is 1. The van der Waals surface area contributed by atoms with Gasteiger partial charge >= 0.3 is 0 Å². The van der Waals surface area contributed by atoms with Crippen molar-refractivity contribution in [1.82, 2.24) is 4.98 Å². The smallest absolute Gasteiger partial charge is 0.0794 e. The lowest BCUT2D eigenvalue weighted by molar-refractivity contribution is 0.225. The van der Waals surface area contributed by atoms with Crippen LogP contribution < -0.4 is 0 Å². The zero-order chi connectivity index (χ0) is 12.1. The van der Waals surface area contributed by atoms with Crippen LogP contribution in [-0.2, 0) is 12.8 Å². The molecule has 1 unspecified atom stereocenters. The van der Waals surface area contributed by atoms with Gasteiger partial charge in [0.25, 0.3) is 0 Å². The van der Waals surface area contributed by atoms with Gasteiger partial charge in [0.2, 0.25) is 0 Å². The molecule has 17 heavy (non-hydrogen) atoms. The van der Waals surface area contributed by atoms with E-state index in [0.717, 1.165) is 17.3 Å². The van der Waals surface area contributed by atoms with Crippen molar-refractivity contribution >= 4 is 27.3 Å². The number of thiazole rings is 1. The summed E-state index contributed by atoms with van der Waals surface area (Å²) < 4.78 is 1.11. The highest BCUT2D eigenvalue weighted by Gasteiger charge is 2.12. The third kappa shape index (κ3) is 3.63. The molecule has 1 aromatic carbocycles. The summed E-state index contributed by atoms with van der Waals surface area (Å²) >= 11 is 5.19. The zero-order valence-corrected chi connectivity index (χ0v) is 11.7. The molecule has 1 atom stereocenters. The van der Waals surface area contributed by atoms with Crippen molar-refractivity contribution in [2.75, 3.05) is 6.61 Å². The Morgan fingerprint density at radius 2 is 2.12 bits per heavy atom. The molecular weight excluding hydrogens is 298 g/mol. The predicted molar refractivity (Wildman–Crippen MR) is 74.2 cm³/mol. The number of aliphatic hydroxyl groups is 1. The quantitative estimate of drug-likeness (QED) is 0.919. The lowest BCUT2D eigenvalue weighted by atomic mass is 9.96. The SMILES string of the molecule is OCC(Cc1cncs1)Cc1ccccc1Br. The van der Waals surface area contributed by atoms with Crippen LogP contribution >= 0.6 is 27.3 Å². The van der Waals surface area contributed by atoms with Crippen LogP contribution in [-0.4, -0.2) is 16.7 Å². The number of aliphatic hydroxyl groups excluding tert-OH is 1. The van der Waals surface area contributed by atoms with Crippen molar-refractivity contribution in [3.05, 3.63) is 50.9 Å². The maximum absolute atomic E-state index is 9.45. The van der Waals surface area contributed by atoms with Gasteiger partial charge in [0.15, 0.2) is 0 Å². The van der Waals surface area contributed by atoms with E-state index >= 15 is 0 Å². The van der Waals surface area contributed by atoms with Crippen LogP contribution in [0, 0.1) is 5.92 Å². The number of hydrogen-bond acceptors (Lipinski definition) is 3. The molecular formula is C13H14BrNOS. The Labute approximate surface area is 113 Å². The second-order valence-corrected chi connectivity index (χ2v) is 5.84. The summed E-state index contributed by atoms with van der Waals surface area (Å²) in [6.45, 7) is 0.208. The molecule has 0 saturated heterocycles. The fourth-order valence-corrected chi connectivity index (χ4v) is 2.96. The molecule has 4 heteroatoms. The molecule has 1 aromatic heterocycles. The molecule has 90 valence electrons. The first kappa shape index (κ1) is 12.7. The minimum atomic E-state index is 0.208. The average molecular weight is 312 g/mol. The Kier molecular flexibility index (Phi) is 4.71. The van der Waals surface area contributed by atoms with Crippen LogP contribution in [0.3, 0.4) is 0 Å². The highest BCUT2D eigenvalue weighted by molar-refractivity contribution is 9.10. The zero-order valence-electron chi connectivity index (χ0n) is 9.34. The van der Waals surface area contributed by atoms with Crippen LogP contribution in [0.2, 0.25) is 0 Å². The van der Waals surface area contributed by atoms with E-state index in [4.69, 9.17) is 0 Å². The fourth-order valence-electron chi connectivity index (χ4n) is 1.80. The van der Waals surface area contributed by atoms with E-state index in [0.29, 0.717) is 0 Å². The van der Waals surface area contributed by atoms with Gasteiger partial charge in [0, 0.05) is 22.2 Å². The molecule has 1 N–H and O–H groups in total. The third-order valence-electron chi connectivity index (χ3n) is 2.70. The van der Waals surface area contributed by atoms with Crippen molar-refractivity contribution in [1.29, 1.82) is 0 Å². The summed E-state index contributed by atoms with van der Waals surface area (Å²) in [6, 6.07) is 8.17. The first-order valence-electron chi connectivity index (χ1n) is 5.51. The third-order valence-corrected chi connectivity index (χ3v) is 4.27. The number of aromatic nitrogens is 1. The molecule has 0 aliphatic carbocycles. The van der Waals surface area contributed by atoms with Crippen LogP contribution in [0.5, 0.6) is 0 Å². The van der Waals surface area contributed by atoms with Crippen LogP contribution in [0.1, 0.15) is 10.4 Å². The summed E-state index contributed by atoms with van der Waals surface area (Å²) in [7, 11) is 0. The van der Waals surface area contributed by atoms with Gasteiger partial charge < -0.3 is 5.11 Å². The summed E-state index contributed by atoms with van der Waals surface area (Å²) in [6.07, 6.45) is 3.66. The van der Waals surface area contributed by atoms with E-state index < -0.39 is 0 Å². The van der Waals surface area contributed by atoms with Crippen LogP contribution in [0.15, 0.2) is 40.4 Å². The summed E-state index contributed by atoms with van der Waals surface area (Å²) in [5, 5.41) is 9.45. The van der Waals surface area contributed by atoms with E-state index in [2.05, 4.69) is 27.0 Å². The molecule has 0 spiro atoms. The summed E-state index contributed by atoms with van der Waals surface area (Å²) in [5.74, 6) is 0.258. The molecule has 0 bridgehead atoms. The molecule has 0 radical (unpaired) electrons. The molecule has 1 heterocycles. The first-order valence-corrected chi connectivity index (χ1v) is 7.18. The Morgan fingerprint density at radius 1 is 1.29 bits per heavy atom. The van der Waals surface area contributed by atoms with Gasteiger partial charge in [0.1, 0.15) is 0 Å². The van der Waals surface area contributed by atoms with E-state index in [1.165, 1.54) is 10.4 Å². The van der Waals surface area contributed by atoms with Gasteiger partial charge in [-0.05, 0) is 30.4 Å². The molecule has 0 aliphatic rings. The topological polar surface area (TPSA) is 33.1 Å². The van der Waals surface area contributed by atoms with E-state index in [1.54, 1.807) is 11.3 Å². The standard InChI is InChI=1S/C13H14BrNOS/c14-13-4-2-1-3-11(13)5-10(8-16)6-12-7-15-9-17-12/h1-4,7,9-10,16H,5-6,8H2. The maximum Gasteiger partial charge on any atom is 0.0794 e. The van der Waals surface area contributed by atoms with Crippen molar-refractivity contribution in [3.8, 4) is 0 Å². The highest BCUT2D eigenvalue weighted by atomic mass is 79.9. The van der Waals surface area contributed by atoms with Gasteiger partial charge in [-0.1, -0.05) is 34.1 Å². The normalized spacial score (nSPS) is 12.6. The maximum atomic E-state index is 9.45. The monoisotopic (exact) mass is 311 g/mol. The molecule has 2 aromatic rings. The van der Waals surface area contributed by atoms with Gasteiger partial charge in [0.05, 0.1) is 5.51 Å². The molecule has 0 aliphatic heterocycles. The summed E-state index contributed by atoms with van der Waals surface area (Å²) in [4.78, 5) is 5.29. The van der Waals surface area contributed by atoms with Crippen molar-refractivity contribution in [2.45, 2.75) is 12.8 Å². The Balaban J connectivity index is 2.03. The Bertz CT molecular complexity index is 458. The summed E-state index contributed by atoms with van der Waals surface area (Å²) in [5.41, 5.74) is 3.08. The van der Waals surface area contributed by atoms with E-state index in [-0.39, 0.29) is 12.5 Å². The number of rotatable bonds is 5. The van der Waals surface area contributed by atoms with Gasteiger partial charge in [-0.3, -0.25) is 4.98 Å². The minimum Gasteiger partial charge on any atom is -0.396 e. The van der Waals surface area contributed by atoms with Gasteiger partial charge in [-0.15, -0.1) is 11.3 Å². The van der Waals surface area contributed by atoms with Crippen molar-refractivity contribution in [3.63, 3.8) is 0 Å². The van der Waals surface area contributed by atoms with E-state index in [1.807, 2.05) is 29.9 Å². The average Bonchev–Trinajstić information content (AvgIpc) is 2.84. The first-order chi connectivity index (χ1) is 8.29. The molecule has 0 amide bonds. The minimum absolute atomic E-state index is 0.208. The number of nitrogens with zero attached hydrogens (tertiary/aromatic N) is 1. The molecule has 0 saturated carbocycles. The lowest BCUT2D eigenvalue weighted by Gasteiger charge is -2.13. The predicted octanol–water partition coefficient (Wildman–Crippen LogP) is 3.30. The molecule has 0 fully saturated rings. The van der Waals surface area contributed by atoms with Crippen molar-refractivity contribution in [2.24, 2.45) is 5.92 Å². The van der Waals surface area contributed by atoms with Crippen molar-refractivity contribution < 1.29 is 5.11 Å². The Morgan fingerprint density at radius 3 is 2.76 bits per heavy atom. The number of benzene rings is 1. The molecule has 2 rings (SSSR count). The molecule has 2 nitrogen and oxygen atoms in total. The lowest BCUT2D eigenvalue weighted by Crippen LogP contribution is -2.12. The van der Waals surface area contributed by atoms with Crippen LogP contribution in [0.25, 0.3) is 0 Å². The van der Waals surface area contributed by atoms with Crippen LogP contribution in [0.4, 0.5) is 0 Å². The Hall–Kier alpha value is -0.710. The highest BCUT2D eigenvalue weighted by Crippen LogP contribution is 2.22. The van der Waals surface area contributed by atoms with E-state index in [9.17, 15) is 5.11 Å². The second kappa shape index (κ2) is 6.28. The second-order valence-electron chi connectivity index (χ2n) is 4.02.